The molecule has 2 amide bonds. The normalized spacial score (nSPS) is 17.6. The van der Waals surface area contributed by atoms with Gasteiger partial charge in [-0.2, -0.15) is 0 Å². The van der Waals surface area contributed by atoms with Crippen LogP contribution in [0.15, 0.2) is 0 Å². The quantitative estimate of drug-likeness (QED) is 0.684. The van der Waals surface area contributed by atoms with Gasteiger partial charge in [0.2, 0.25) is 11.8 Å². The molecule has 1 rings (SSSR count). The van der Waals surface area contributed by atoms with E-state index in [2.05, 4.69) is 5.32 Å². The summed E-state index contributed by atoms with van der Waals surface area (Å²) in [5, 5.41) is 2.88. The van der Waals surface area contributed by atoms with Crippen LogP contribution in [0.4, 0.5) is 0 Å². The van der Waals surface area contributed by atoms with E-state index in [9.17, 15) is 9.59 Å². The summed E-state index contributed by atoms with van der Waals surface area (Å²) in [4.78, 5) is 22.6. The van der Waals surface area contributed by atoms with E-state index in [4.69, 9.17) is 5.73 Å². The minimum atomic E-state index is -0.361. The maximum absolute atomic E-state index is 11.6. The molecular formula is C12H22N2O2. The maximum Gasteiger partial charge on any atom is 0.221 e. The molecule has 0 bridgehead atoms. The first kappa shape index (κ1) is 13.0. The molecule has 4 nitrogen and oxygen atoms in total. The van der Waals surface area contributed by atoms with Crippen molar-refractivity contribution in [3.05, 3.63) is 0 Å². The molecule has 1 unspecified atom stereocenters. The Balaban J connectivity index is 2.21. The van der Waals surface area contributed by atoms with Crippen LogP contribution < -0.4 is 11.1 Å². The highest BCUT2D eigenvalue weighted by atomic mass is 16.2. The van der Waals surface area contributed by atoms with E-state index in [1.165, 1.54) is 19.3 Å². The van der Waals surface area contributed by atoms with Crippen LogP contribution in [0, 0.1) is 11.8 Å². The van der Waals surface area contributed by atoms with Gasteiger partial charge in [-0.15, -0.1) is 0 Å². The monoisotopic (exact) mass is 226 g/mol. The number of hydrogen-bond acceptors (Lipinski definition) is 2. The van der Waals surface area contributed by atoms with Crippen LogP contribution in [0.1, 0.15) is 45.4 Å². The van der Waals surface area contributed by atoms with E-state index in [0.29, 0.717) is 12.3 Å². The van der Waals surface area contributed by atoms with E-state index in [1.54, 1.807) is 0 Å². The van der Waals surface area contributed by atoms with Crippen molar-refractivity contribution in [2.24, 2.45) is 17.6 Å². The van der Waals surface area contributed by atoms with Gasteiger partial charge in [-0.1, -0.05) is 19.8 Å². The number of rotatable bonds is 7. The highest BCUT2D eigenvalue weighted by Crippen LogP contribution is 2.25. The fourth-order valence-electron chi connectivity index (χ4n) is 1.94. The second kappa shape index (κ2) is 6.51. The van der Waals surface area contributed by atoms with E-state index in [-0.39, 0.29) is 24.2 Å². The fraction of sp³-hybridized carbons (Fsp3) is 0.833. The molecule has 0 aromatic rings. The first-order valence-electron chi connectivity index (χ1n) is 6.19. The van der Waals surface area contributed by atoms with Gasteiger partial charge in [0.05, 0.1) is 0 Å². The molecule has 1 aliphatic rings. The second-order valence-electron chi connectivity index (χ2n) is 4.69. The molecule has 1 saturated carbocycles. The van der Waals surface area contributed by atoms with Crippen molar-refractivity contribution in [1.82, 2.24) is 5.32 Å². The molecule has 92 valence electrons. The first-order chi connectivity index (χ1) is 7.63. The van der Waals surface area contributed by atoms with Gasteiger partial charge in [-0.25, -0.2) is 0 Å². The maximum atomic E-state index is 11.6. The topological polar surface area (TPSA) is 72.2 Å². The number of nitrogens with one attached hydrogen (secondary N) is 1. The second-order valence-corrected chi connectivity index (χ2v) is 4.69. The number of amides is 2. The summed E-state index contributed by atoms with van der Waals surface area (Å²) < 4.78 is 0. The van der Waals surface area contributed by atoms with Gasteiger partial charge >= 0.3 is 0 Å². The molecule has 0 saturated heterocycles. The zero-order chi connectivity index (χ0) is 12.0. The third kappa shape index (κ3) is 4.21. The van der Waals surface area contributed by atoms with Crippen molar-refractivity contribution in [1.29, 1.82) is 0 Å². The lowest BCUT2D eigenvalue weighted by Gasteiger charge is -2.25. The first-order valence-corrected chi connectivity index (χ1v) is 6.19. The zero-order valence-corrected chi connectivity index (χ0v) is 10.00. The lowest BCUT2D eigenvalue weighted by molar-refractivity contribution is -0.128. The van der Waals surface area contributed by atoms with Crippen LogP contribution in [0.25, 0.3) is 0 Å². The molecule has 0 aliphatic heterocycles. The summed E-state index contributed by atoms with van der Waals surface area (Å²) in [5.41, 5.74) is 5.25. The molecule has 0 aromatic heterocycles. The zero-order valence-electron chi connectivity index (χ0n) is 10.00. The van der Waals surface area contributed by atoms with Crippen LogP contribution in [0.2, 0.25) is 0 Å². The average molecular weight is 226 g/mol. The van der Waals surface area contributed by atoms with E-state index < -0.39 is 0 Å². The molecular weight excluding hydrogens is 204 g/mol. The molecule has 1 fully saturated rings. The Hall–Kier alpha value is -1.06. The predicted molar refractivity (Wildman–Crippen MR) is 62.6 cm³/mol. The summed E-state index contributed by atoms with van der Waals surface area (Å²) in [6.45, 7) is 2.75. The lowest BCUT2D eigenvalue weighted by atomic mass is 9.85. The Morgan fingerprint density at radius 2 is 2.12 bits per heavy atom. The molecule has 0 radical (unpaired) electrons. The smallest absolute Gasteiger partial charge is 0.221 e. The SMILES string of the molecule is CCCC(CC(=O)NCC1CCC1)C(N)=O. The molecule has 0 heterocycles. The van der Waals surface area contributed by atoms with Crippen molar-refractivity contribution in [3.8, 4) is 0 Å². The average Bonchev–Trinajstić information content (AvgIpc) is 2.14. The minimum absolute atomic E-state index is 0.0378. The summed E-state index contributed by atoms with van der Waals surface area (Å²) in [7, 11) is 0. The largest absolute Gasteiger partial charge is 0.369 e. The molecule has 0 aromatic carbocycles. The van der Waals surface area contributed by atoms with Crippen molar-refractivity contribution >= 4 is 11.8 Å². The highest BCUT2D eigenvalue weighted by molar-refractivity contribution is 5.84. The Labute approximate surface area is 97.0 Å². The Morgan fingerprint density at radius 3 is 2.56 bits per heavy atom. The van der Waals surface area contributed by atoms with E-state index in [1.807, 2.05) is 6.92 Å². The van der Waals surface area contributed by atoms with Gasteiger partial charge in [0, 0.05) is 18.9 Å². The van der Waals surface area contributed by atoms with E-state index >= 15 is 0 Å². The minimum Gasteiger partial charge on any atom is -0.369 e. The van der Waals surface area contributed by atoms with Gasteiger partial charge in [0.25, 0.3) is 0 Å². The predicted octanol–water partition coefficient (Wildman–Crippen LogP) is 1.19. The van der Waals surface area contributed by atoms with E-state index in [0.717, 1.165) is 13.0 Å². The van der Waals surface area contributed by atoms with Gasteiger partial charge in [-0.05, 0) is 25.2 Å². The van der Waals surface area contributed by atoms with Gasteiger partial charge < -0.3 is 11.1 Å². The Kier molecular flexibility index (Phi) is 5.29. The van der Waals surface area contributed by atoms with Crippen molar-refractivity contribution in [2.75, 3.05) is 6.54 Å². The number of carbonyl (C=O) groups is 2. The van der Waals surface area contributed by atoms with Gasteiger partial charge in [0.15, 0.2) is 0 Å². The number of carbonyl (C=O) groups excluding carboxylic acids is 2. The standard InChI is InChI=1S/C12H22N2O2/c1-2-4-10(12(13)16)7-11(15)14-8-9-5-3-6-9/h9-10H,2-8H2,1H3,(H2,13,16)(H,14,15). The Morgan fingerprint density at radius 1 is 1.44 bits per heavy atom. The third-order valence-corrected chi connectivity index (χ3v) is 3.28. The summed E-state index contributed by atoms with van der Waals surface area (Å²) in [6, 6.07) is 0. The molecule has 1 atom stereocenters. The number of primary amides is 1. The highest BCUT2D eigenvalue weighted by Gasteiger charge is 2.21. The molecule has 16 heavy (non-hydrogen) atoms. The lowest BCUT2D eigenvalue weighted by Crippen LogP contribution is -2.35. The third-order valence-electron chi connectivity index (χ3n) is 3.28. The van der Waals surface area contributed by atoms with Crippen molar-refractivity contribution < 1.29 is 9.59 Å². The van der Waals surface area contributed by atoms with Crippen molar-refractivity contribution in [3.63, 3.8) is 0 Å². The molecule has 0 spiro atoms. The summed E-state index contributed by atoms with van der Waals surface area (Å²) in [6.07, 6.45) is 5.54. The number of hydrogen-bond donors (Lipinski definition) is 2. The van der Waals surface area contributed by atoms with Gasteiger partial charge in [-0.3, -0.25) is 9.59 Å². The number of nitrogens with two attached hydrogens (primary N) is 1. The van der Waals surface area contributed by atoms with Crippen molar-refractivity contribution in [2.45, 2.75) is 45.4 Å². The molecule has 4 heteroatoms. The summed E-state index contributed by atoms with van der Waals surface area (Å²) in [5.74, 6) is -0.0432. The molecule has 1 aliphatic carbocycles. The van der Waals surface area contributed by atoms with Gasteiger partial charge in [0.1, 0.15) is 0 Å². The van der Waals surface area contributed by atoms with Crippen LogP contribution in [-0.2, 0) is 9.59 Å². The molecule has 3 N–H and O–H groups in total. The van der Waals surface area contributed by atoms with Crippen LogP contribution in [0.5, 0.6) is 0 Å². The summed E-state index contributed by atoms with van der Waals surface area (Å²) >= 11 is 0. The van der Waals surface area contributed by atoms with Crippen LogP contribution in [0.3, 0.4) is 0 Å². The fourth-order valence-corrected chi connectivity index (χ4v) is 1.94. The Bertz CT molecular complexity index is 249. The van der Waals surface area contributed by atoms with Crippen LogP contribution in [-0.4, -0.2) is 18.4 Å². The van der Waals surface area contributed by atoms with Crippen LogP contribution >= 0.6 is 0 Å².